The van der Waals surface area contributed by atoms with E-state index in [4.69, 9.17) is 4.79 Å². The van der Waals surface area contributed by atoms with Gasteiger partial charge in [-0.1, -0.05) is 50.1 Å². The van der Waals surface area contributed by atoms with Crippen LogP contribution in [0.5, 0.6) is 0 Å². The van der Waals surface area contributed by atoms with Crippen molar-refractivity contribution in [3.63, 3.8) is 0 Å². The molecule has 1 aromatic heterocycles. The topological polar surface area (TPSA) is 36.4 Å². The van der Waals surface area contributed by atoms with Crippen LogP contribution in [-0.4, -0.2) is 36.6 Å². The van der Waals surface area contributed by atoms with Crippen molar-refractivity contribution in [2.24, 2.45) is 5.92 Å². The molecule has 2 saturated carbocycles. The van der Waals surface area contributed by atoms with Crippen molar-refractivity contribution in [2.75, 3.05) is 22.9 Å². The van der Waals surface area contributed by atoms with Crippen LogP contribution in [0.15, 0.2) is 78.8 Å². The average Bonchev–Trinajstić information content (AvgIpc) is 3.89. The molecule has 5 rings (SSSR count). The molecule has 2 aliphatic carbocycles. The monoisotopic (exact) mass is 567 g/mol. The second-order valence-electron chi connectivity index (χ2n) is 11.2. The summed E-state index contributed by atoms with van der Waals surface area (Å²) in [5.74, 6) is 1.58. The Kier molecular flexibility index (Phi) is 11.8. The molecule has 7 heteroatoms. The Balaban J connectivity index is 0.000000585. The SMILES string of the molecule is C=C/C(=C\C=C(/C)C(F)(F)F)N(c1cnccc1C1CC1)C1CCN(c2ccc(C)cc2)CC1.CC1CC1.CC=O. The summed E-state index contributed by atoms with van der Waals surface area (Å²) in [4.78, 5) is 17.7. The Labute approximate surface area is 243 Å². The van der Waals surface area contributed by atoms with Gasteiger partial charge in [-0.25, -0.2) is 0 Å². The van der Waals surface area contributed by atoms with Crippen molar-refractivity contribution in [3.05, 3.63) is 89.9 Å². The third kappa shape index (κ3) is 9.91. The summed E-state index contributed by atoms with van der Waals surface area (Å²) >= 11 is 0. The van der Waals surface area contributed by atoms with E-state index in [1.807, 2.05) is 6.20 Å². The third-order valence-electron chi connectivity index (χ3n) is 7.64. The second kappa shape index (κ2) is 15.0. The first-order chi connectivity index (χ1) is 19.6. The van der Waals surface area contributed by atoms with Crippen LogP contribution in [0.1, 0.15) is 76.3 Å². The van der Waals surface area contributed by atoms with E-state index < -0.39 is 11.7 Å². The molecule has 0 amide bonds. The molecule has 3 fully saturated rings. The average molecular weight is 568 g/mol. The van der Waals surface area contributed by atoms with E-state index in [1.54, 1.807) is 18.3 Å². The Bertz CT molecular complexity index is 1190. The molecule has 0 atom stereocenters. The van der Waals surface area contributed by atoms with E-state index in [-0.39, 0.29) is 6.04 Å². The molecule has 222 valence electrons. The highest BCUT2D eigenvalue weighted by atomic mass is 19.4. The summed E-state index contributed by atoms with van der Waals surface area (Å²) in [6, 6.07) is 10.8. The lowest BCUT2D eigenvalue weighted by Crippen LogP contribution is -2.45. The number of alkyl halides is 3. The highest BCUT2D eigenvalue weighted by molar-refractivity contribution is 5.62. The number of pyridine rings is 1. The first-order valence-electron chi connectivity index (χ1n) is 14.6. The largest absolute Gasteiger partial charge is 0.412 e. The minimum absolute atomic E-state index is 0.146. The Morgan fingerprint density at radius 2 is 1.61 bits per heavy atom. The molecule has 0 N–H and O–H groups in total. The molecular formula is C34H44F3N3O. The minimum atomic E-state index is -4.35. The summed E-state index contributed by atoms with van der Waals surface area (Å²) < 4.78 is 39.4. The quantitative estimate of drug-likeness (QED) is 0.247. The predicted octanol–water partition coefficient (Wildman–Crippen LogP) is 8.94. The van der Waals surface area contributed by atoms with Crippen LogP contribution >= 0.6 is 0 Å². The lowest BCUT2D eigenvalue weighted by atomic mass is 9.98. The first-order valence-corrected chi connectivity index (χ1v) is 14.6. The van der Waals surface area contributed by atoms with Crippen LogP contribution in [0.4, 0.5) is 24.5 Å². The number of aryl methyl sites for hydroxylation is 1. The number of benzene rings is 1. The summed E-state index contributed by atoms with van der Waals surface area (Å²) in [6.45, 7) is 12.6. The van der Waals surface area contributed by atoms with Crippen molar-refractivity contribution >= 4 is 17.7 Å². The smallest absolute Gasteiger partial charge is 0.371 e. The summed E-state index contributed by atoms with van der Waals surface area (Å²) in [5.41, 5.74) is 4.70. The maximum Gasteiger partial charge on any atom is 0.412 e. The lowest BCUT2D eigenvalue weighted by Gasteiger charge is -2.41. The standard InChI is InChI=1S/C28H32F3N3.C4H8.C2H4O/c1-4-23(12-7-21(3)28(29,30)31)34(27-19-32-16-13-26(27)22-8-9-22)25-14-17-33(18-15-25)24-10-5-20(2)6-11-24;1-4-2-3-4;1-2-3/h4-7,10-13,16,19,22,25H,1,8-9,14-15,17-18H2,2-3H3;4H,2-3H2,1H3;2H,1H3/b21-7+,23-12+;;. The number of nitrogens with zero attached hydrogens (tertiary/aromatic N) is 3. The maximum atomic E-state index is 13.1. The number of aromatic nitrogens is 1. The molecule has 1 aliphatic heterocycles. The minimum Gasteiger partial charge on any atom is -0.371 e. The van der Waals surface area contributed by atoms with Gasteiger partial charge in [-0.2, -0.15) is 13.2 Å². The number of carbonyl (C=O) groups is 1. The van der Waals surface area contributed by atoms with Crippen LogP contribution in [0, 0.1) is 12.8 Å². The van der Waals surface area contributed by atoms with Crippen molar-refractivity contribution in [2.45, 2.75) is 84.4 Å². The molecular weight excluding hydrogens is 523 g/mol. The molecule has 0 spiro atoms. The van der Waals surface area contributed by atoms with Gasteiger partial charge in [-0.3, -0.25) is 4.98 Å². The Morgan fingerprint density at radius 3 is 2.10 bits per heavy atom. The van der Waals surface area contributed by atoms with Gasteiger partial charge in [0.1, 0.15) is 6.29 Å². The van der Waals surface area contributed by atoms with Gasteiger partial charge in [-0.05, 0) is 94.2 Å². The van der Waals surface area contributed by atoms with Gasteiger partial charge >= 0.3 is 6.18 Å². The van der Waals surface area contributed by atoms with Crippen molar-refractivity contribution < 1.29 is 18.0 Å². The fraction of sp³-hybridized carbons (Fsp3) is 0.471. The number of halogens is 3. The normalized spacial score (nSPS) is 18.0. The lowest BCUT2D eigenvalue weighted by molar-refractivity contribution is -0.106. The fourth-order valence-electron chi connectivity index (χ4n) is 4.74. The molecule has 3 aliphatic rings. The number of hydrogen-bond acceptors (Lipinski definition) is 4. The zero-order chi connectivity index (χ0) is 30.0. The number of carbonyl (C=O) groups excluding carboxylic acids is 1. The number of anilines is 2. The first kappa shape index (κ1) is 32.2. The number of rotatable bonds is 7. The molecule has 2 aromatic rings. The number of hydrogen-bond donors (Lipinski definition) is 0. The Morgan fingerprint density at radius 1 is 1.02 bits per heavy atom. The third-order valence-corrected chi connectivity index (χ3v) is 7.64. The number of allylic oxidation sites excluding steroid dienone is 4. The van der Waals surface area contributed by atoms with Gasteiger partial charge in [0.25, 0.3) is 0 Å². The van der Waals surface area contributed by atoms with E-state index >= 15 is 0 Å². The van der Waals surface area contributed by atoms with Gasteiger partial charge in [-0.15, -0.1) is 0 Å². The van der Waals surface area contributed by atoms with E-state index in [0.717, 1.165) is 69.7 Å². The summed E-state index contributed by atoms with van der Waals surface area (Å²) in [7, 11) is 0. The van der Waals surface area contributed by atoms with Crippen LogP contribution in [-0.2, 0) is 4.79 Å². The number of piperidine rings is 1. The van der Waals surface area contributed by atoms with Gasteiger partial charge in [0, 0.05) is 42.3 Å². The zero-order valence-electron chi connectivity index (χ0n) is 24.8. The van der Waals surface area contributed by atoms with Crippen LogP contribution < -0.4 is 9.80 Å². The van der Waals surface area contributed by atoms with Gasteiger partial charge in [0.05, 0.1) is 11.9 Å². The molecule has 0 radical (unpaired) electrons. The van der Waals surface area contributed by atoms with E-state index in [2.05, 4.69) is 65.5 Å². The molecule has 4 nitrogen and oxygen atoms in total. The summed E-state index contributed by atoms with van der Waals surface area (Å²) in [6.07, 6.45) is 11.5. The molecule has 41 heavy (non-hydrogen) atoms. The van der Waals surface area contributed by atoms with Crippen molar-refractivity contribution in [1.82, 2.24) is 4.98 Å². The highest BCUT2D eigenvalue weighted by Crippen LogP contribution is 2.45. The molecule has 2 heterocycles. The van der Waals surface area contributed by atoms with Gasteiger partial charge < -0.3 is 14.6 Å². The highest BCUT2D eigenvalue weighted by Gasteiger charge is 2.33. The zero-order valence-corrected chi connectivity index (χ0v) is 24.8. The summed E-state index contributed by atoms with van der Waals surface area (Å²) in [5, 5.41) is 0. The molecule has 0 unspecified atom stereocenters. The van der Waals surface area contributed by atoms with E-state index in [0.29, 0.717) is 11.6 Å². The Hall–Kier alpha value is -3.35. The van der Waals surface area contributed by atoms with Crippen LogP contribution in [0.2, 0.25) is 0 Å². The molecule has 0 bridgehead atoms. The van der Waals surface area contributed by atoms with Gasteiger partial charge in [0.2, 0.25) is 0 Å². The maximum absolute atomic E-state index is 13.1. The van der Waals surface area contributed by atoms with Gasteiger partial charge in [0.15, 0.2) is 0 Å². The molecule has 1 saturated heterocycles. The van der Waals surface area contributed by atoms with Crippen molar-refractivity contribution in [3.8, 4) is 0 Å². The molecule has 1 aromatic carbocycles. The second-order valence-corrected chi connectivity index (χ2v) is 11.2. The van der Waals surface area contributed by atoms with E-state index in [9.17, 15) is 13.2 Å². The predicted molar refractivity (Wildman–Crippen MR) is 163 cm³/mol. The number of aldehydes is 1. The fourth-order valence-corrected chi connectivity index (χ4v) is 4.74. The van der Waals surface area contributed by atoms with Crippen LogP contribution in [0.25, 0.3) is 0 Å². The van der Waals surface area contributed by atoms with E-state index in [1.165, 1.54) is 36.6 Å². The van der Waals surface area contributed by atoms with Crippen LogP contribution in [0.3, 0.4) is 0 Å². The van der Waals surface area contributed by atoms with Crippen molar-refractivity contribution in [1.29, 1.82) is 0 Å².